The van der Waals surface area contributed by atoms with Gasteiger partial charge in [0, 0.05) is 0 Å². The number of amides is 1. The minimum atomic E-state index is -0.995. The first-order valence-corrected chi connectivity index (χ1v) is 13.6. The van der Waals surface area contributed by atoms with Gasteiger partial charge in [0.15, 0.2) is 5.17 Å². The molecule has 36 heavy (non-hydrogen) atoms. The normalized spacial score (nSPS) is 15.4. The van der Waals surface area contributed by atoms with Gasteiger partial charge in [-0.3, -0.25) is 9.69 Å². The Morgan fingerprint density at radius 3 is 2.39 bits per heavy atom. The number of nitrogens with zero attached hydrogens (tertiary/aromatic N) is 2. The molecule has 3 aromatic rings. The summed E-state index contributed by atoms with van der Waals surface area (Å²) in [6.45, 7) is 0.450. The number of rotatable bonds is 7. The van der Waals surface area contributed by atoms with E-state index in [0.29, 0.717) is 10.1 Å². The van der Waals surface area contributed by atoms with Crippen LogP contribution in [0.3, 0.4) is 0 Å². The van der Waals surface area contributed by atoms with Crippen LogP contribution in [0.25, 0.3) is 6.08 Å². The van der Waals surface area contributed by atoms with Gasteiger partial charge in [0.1, 0.15) is 12.4 Å². The number of halogens is 2. The van der Waals surface area contributed by atoms with Crippen LogP contribution >= 0.6 is 56.9 Å². The third kappa shape index (κ3) is 6.29. The van der Waals surface area contributed by atoms with E-state index in [1.807, 2.05) is 48.5 Å². The van der Waals surface area contributed by atoms with Crippen molar-refractivity contribution in [3.8, 4) is 18.1 Å². The summed E-state index contributed by atoms with van der Waals surface area (Å²) in [6.07, 6.45) is 7.16. The molecule has 1 fully saturated rings. The van der Waals surface area contributed by atoms with Crippen LogP contribution in [0.4, 0.5) is 5.69 Å². The highest BCUT2D eigenvalue weighted by molar-refractivity contribution is 14.1. The van der Waals surface area contributed by atoms with Crippen LogP contribution < -0.4 is 4.74 Å². The molecule has 6 nitrogen and oxygen atoms in total. The third-order valence-corrected chi connectivity index (χ3v) is 7.64. The maximum absolute atomic E-state index is 13.5. The number of carboxylic acid groups (broad SMARTS) is 1. The fraction of sp³-hybridized carbons (Fsp3) is 0.0741. The quantitative estimate of drug-likeness (QED) is 0.174. The highest BCUT2D eigenvalue weighted by Crippen LogP contribution is 2.37. The molecule has 1 aliphatic rings. The first-order valence-electron chi connectivity index (χ1n) is 10.6. The van der Waals surface area contributed by atoms with Crippen molar-refractivity contribution >= 4 is 85.8 Å². The number of hydrogen-bond acceptors (Lipinski definition) is 5. The van der Waals surface area contributed by atoms with E-state index in [1.54, 1.807) is 17.0 Å². The molecule has 0 aromatic heterocycles. The standard InChI is InChI=1S/C27H18I2N2O4S/c1-2-12-35-24-21(28)13-18(14-22(24)29)15-23-25(32)31(16-17-8-10-19(11-9-17)26(33)34)27(36-23)30-20-6-4-3-5-7-20/h1,3-11,13-15H,12,16H2,(H,33,34)/b23-15-,30-27?. The van der Waals surface area contributed by atoms with Crippen LogP contribution in [-0.4, -0.2) is 33.7 Å². The lowest BCUT2D eigenvalue weighted by Crippen LogP contribution is -2.28. The Labute approximate surface area is 240 Å². The number of hydrogen-bond donors (Lipinski definition) is 1. The number of carbonyl (C=O) groups is 2. The van der Waals surface area contributed by atoms with Crippen LogP contribution in [0.1, 0.15) is 21.5 Å². The van der Waals surface area contributed by atoms with Gasteiger partial charge in [0.25, 0.3) is 5.91 Å². The Hall–Kier alpha value is -2.82. The van der Waals surface area contributed by atoms with Gasteiger partial charge in [-0.05, 0) is 111 Å². The maximum atomic E-state index is 13.5. The highest BCUT2D eigenvalue weighted by Gasteiger charge is 2.33. The fourth-order valence-corrected chi connectivity index (χ4v) is 6.47. The molecule has 3 aromatic carbocycles. The number of para-hydroxylation sites is 1. The van der Waals surface area contributed by atoms with Crippen molar-refractivity contribution in [2.45, 2.75) is 6.54 Å². The number of carbonyl (C=O) groups excluding carboxylic acids is 1. The maximum Gasteiger partial charge on any atom is 0.335 e. The van der Waals surface area contributed by atoms with Crippen molar-refractivity contribution in [1.82, 2.24) is 4.90 Å². The molecule has 0 spiro atoms. The summed E-state index contributed by atoms with van der Waals surface area (Å²) in [5.74, 6) is 2.03. The van der Waals surface area contributed by atoms with E-state index in [0.717, 1.165) is 29.7 Å². The minimum Gasteiger partial charge on any atom is -0.479 e. The van der Waals surface area contributed by atoms with Crippen LogP contribution in [-0.2, 0) is 11.3 Å². The van der Waals surface area contributed by atoms with Crippen molar-refractivity contribution in [2.75, 3.05) is 6.61 Å². The molecule has 9 heteroatoms. The molecule has 1 amide bonds. The molecular formula is C27H18I2N2O4S. The summed E-state index contributed by atoms with van der Waals surface area (Å²) in [6, 6.07) is 19.8. The smallest absolute Gasteiger partial charge is 0.335 e. The molecule has 0 saturated carbocycles. The molecule has 1 aliphatic heterocycles. The number of terminal acetylenes is 1. The van der Waals surface area contributed by atoms with Crippen molar-refractivity contribution in [1.29, 1.82) is 0 Å². The number of carboxylic acids is 1. The molecular weight excluding hydrogens is 702 g/mol. The summed E-state index contributed by atoms with van der Waals surface area (Å²) in [5.41, 5.74) is 2.59. The van der Waals surface area contributed by atoms with Gasteiger partial charge in [0.05, 0.1) is 29.8 Å². The minimum absolute atomic E-state index is 0.172. The predicted octanol–water partition coefficient (Wildman–Crippen LogP) is 6.41. The van der Waals surface area contributed by atoms with Crippen LogP contribution in [0, 0.1) is 19.5 Å². The first kappa shape index (κ1) is 26.2. The second-order valence-electron chi connectivity index (χ2n) is 7.54. The summed E-state index contributed by atoms with van der Waals surface area (Å²) < 4.78 is 7.43. The third-order valence-electron chi connectivity index (χ3n) is 5.03. The Bertz CT molecular complexity index is 1390. The zero-order valence-corrected chi connectivity index (χ0v) is 23.8. The van der Waals surface area contributed by atoms with Gasteiger partial charge in [-0.1, -0.05) is 36.3 Å². The Kier molecular flexibility index (Phi) is 8.71. The SMILES string of the molecule is C#CCOc1c(I)cc(/C=C2\SC(=Nc3ccccc3)N(Cc3ccc(C(=O)O)cc3)C2=O)cc1I. The molecule has 1 heterocycles. The molecule has 0 radical (unpaired) electrons. The summed E-state index contributed by atoms with van der Waals surface area (Å²) in [5, 5.41) is 9.72. The van der Waals surface area contributed by atoms with Gasteiger partial charge in [-0.2, -0.15) is 0 Å². The second-order valence-corrected chi connectivity index (χ2v) is 10.9. The lowest BCUT2D eigenvalue weighted by molar-refractivity contribution is -0.122. The highest BCUT2D eigenvalue weighted by atomic mass is 127. The van der Waals surface area contributed by atoms with Crippen molar-refractivity contribution in [3.05, 3.63) is 95.5 Å². The monoisotopic (exact) mass is 720 g/mol. The first-order chi connectivity index (χ1) is 17.4. The lowest BCUT2D eigenvalue weighted by Gasteiger charge is -2.16. The topological polar surface area (TPSA) is 79.2 Å². The number of aromatic carboxylic acids is 1. The Morgan fingerprint density at radius 2 is 1.78 bits per heavy atom. The molecule has 1 N–H and O–H groups in total. The van der Waals surface area contributed by atoms with Gasteiger partial charge < -0.3 is 9.84 Å². The average molecular weight is 720 g/mol. The van der Waals surface area contributed by atoms with E-state index < -0.39 is 5.97 Å². The largest absolute Gasteiger partial charge is 0.479 e. The fourth-order valence-electron chi connectivity index (χ4n) is 3.34. The van der Waals surface area contributed by atoms with Gasteiger partial charge in [-0.25, -0.2) is 9.79 Å². The molecule has 4 rings (SSSR count). The number of benzene rings is 3. The van der Waals surface area contributed by atoms with Crippen molar-refractivity contribution < 1.29 is 19.4 Å². The molecule has 1 saturated heterocycles. The van der Waals surface area contributed by atoms with E-state index in [2.05, 4.69) is 51.1 Å². The van der Waals surface area contributed by atoms with Gasteiger partial charge in [0.2, 0.25) is 0 Å². The summed E-state index contributed by atoms with van der Waals surface area (Å²) in [4.78, 5) is 31.5. The van der Waals surface area contributed by atoms with E-state index >= 15 is 0 Å². The zero-order valence-electron chi connectivity index (χ0n) is 18.7. The number of aliphatic imine (C=N–C) groups is 1. The summed E-state index contributed by atoms with van der Waals surface area (Å²) in [7, 11) is 0. The molecule has 0 bridgehead atoms. The van der Waals surface area contributed by atoms with Gasteiger partial charge in [-0.15, -0.1) is 6.42 Å². The van der Waals surface area contributed by atoms with E-state index in [4.69, 9.17) is 21.3 Å². The second kappa shape index (κ2) is 11.9. The molecule has 0 atom stereocenters. The zero-order chi connectivity index (χ0) is 25.7. The number of thioether (sulfide) groups is 1. The van der Waals surface area contributed by atoms with E-state index in [1.165, 1.54) is 23.9 Å². The van der Waals surface area contributed by atoms with Crippen LogP contribution in [0.5, 0.6) is 5.75 Å². The van der Waals surface area contributed by atoms with Crippen molar-refractivity contribution in [2.24, 2.45) is 4.99 Å². The number of ether oxygens (including phenoxy) is 1. The molecule has 0 unspecified atom stereocenters. The van der Waals surface area contributed by atoms with Crippen molar-refractivity contribution in [3.63, 3.8) is 0 Å². The van der Waals surface area contributed by atoms with Gasteiger partial charge >= 0.3 is 5.97 Å². The number of amidine groups is 1. The molecule has 0 aliphatic carbocycles. The van der Waals surface area contributed by atoms with Crippen LogP contribution in [0.15, 0.2) is 76.6 Å². The average Bonchev–Trinajstić information content (AvgIpc) is 3.13. The lowest BCUT2D eigenvalue weighted by atomic mass is 10.1. The predicted molar refractivity (Wildman–Crippen MR) is 159 cm³/mol. The van der Waals surface area contributed by atoms with E-state index in [9.17, 15) is 9.59 Å². The summed E-state index contributed by atoms with van der Waals surface area (Å²) >= 11 is 5.69. The van der Waals surface area contributed by atoms with Crippen LogP contribution in [0.2, 0.25) is 0 Å². The van der Waals surface area contributed by atoms with E-state index in [-0.39, 0.29) is 24.6 Å². The molecule has 180 valence electrons. The Morgan fingerprint density at radius 1 is 1.11 bits per heavy atom. The Balaban J connectivity index is 1.67.